The zero-order valence-electron chi connectivity index (χ0n) is 19.5. The summed E-state index contributed by atoms with van der Waals surface area (Å²) < 4.78 is 27.4. The summed E-state index contributed by atoms with van der Waals surface area (Å²) in [5, 5.41) is 0. The van der Waals surface area contributed by atoms with Gasteiger partial charge in [0, 0.05) is 63.6 Å². The molecular weight excluding hydrogens is 450 g/mol. The Hall–Kier alpha value is -2.49. The molecule has 0 bridgehead atoms. The Kier molecular flexibility index (Phi) is 6.85. The first-order valence-electron chi connectivity index (χ1n) is 12.3. The molecule has 1 saturated carbocycles. The lowest BCUT2D eigenvalue weighted by atomic mass is 9.96. The normalized spacial score (nSPS) is 22.1. The molecule has 1 aromatic carbocycles. The third kappa shape index (κ3) is 5.59. The molecule has 8 nitrogen and oxygen atoms in total. The number of anilines is 1. The summed E-state index contributed by atoms with van der Waals surface area (Å²) in [7, 11) is -3.50. The van der Waals surface area contributed by atoms with Crippen LogP contribution in [0.15, 0.2) is 53.6 Å². The molecule has 2 aromatic rings. The molecule has 3 fully saturated rings. The summed E-state index contributed by atoms with van der Waals surface area (Å²) in [6.07, 6.45) is 5.76. The van der Waals surface area contributed by atoms with Crippen LogP contribution in [0.3, 0.4) is 0 Å². The van der Waals surface area contributed by atoms with Crippen LogP contribution in [0.2, 0.25) is 0 Å². The summed E-state index contributed by atoms with van der Waals surface area (Å²) in [5.74, 6) is 1.49. The highest BCUT2D eigenvalue weighted by Crippen LogP contribution is 2.24. The molecule has 182 valence electrons. The number of piperazine rings is 1. The molecular formula is C25H33N5O3S. The Bertz CT molecular complexity index is 1080. The second kappa shape index (κ2) is 10.0. The predicted molar refractivity (Wildman–Crippen MR) is 131 cm³/mol. The molecule has 5 rings (SSSR count). The topological polar surface area (TPSA) is 85.8 Å². The number of nitrogens with zero attached hydrogens (tertiary/aromatic N) is 4. The Morgan fingerprint density at radius 1 is 0.971 bits per heavy atom. The molecule has 0 spiro atoms. The third-order valence-electron chi connectivity index (χ3n) is 6.98. The lowest BCUT2D eigenvalue weighted by Crippen LogP contribution is -2.50. The predicted octanol–water partition coefficient (Wildman–Crippen LogP) is 2.20. The van der Waals surface area contributed by atoms with E-state index < -0.39 is 10.0 Å². The number of pyridine rings is 1. The minimum atomic E-state index is -3.50. The maximum Gasteiger partial charge on any atom is 0.253 e. The SMILES string of the molecule is O=C(c1ccc(S(=O)(=O)NC2CC2)cc1)N1CCCC(CN2CCN(c3ccccn3)CC2)C1. The molecule has 1 atom stereocenters. The summed E-state index contributed by atoms with van der Waals surface area (Å²) in [4.78, 5) is 24.6. The molecule has 3 heterocycles. The van der Waals surface area contributed by atoms with Gasteiger partial charge in [-0.2, -0.15) is 0 Å². The van der Waals surface area contributed by atoms with Gasteiger partial charge in [0.15, 0.2) is 0 Å². The van der Waals surface area contributed by atoms with Gasteiger partial charge in [0.25, 0.3) is 5.91 Å². The second-order valence-electron chi connectivity index (χ2n) is 9.65. The minimum Gasteiger partial charge on any atom is -0.354 e. The number of nitrogens with one attached hydrogen (secondary N) is 1. The van der Waals surface area contributed by atoms with Crippen LogP contribution in [0.25, 0.3) is 0 Å². The van der Waals surface area contributed by atoms with Gasteiger partial charge < -0.3 is 9.80 Å². The van der Waals surface area contributed by atoms with Crippen molar-refractivity contribution in [1.29, 1.82) is 0 Å². The van der Waals surface area contributed by atoms with Crippen molar-refractivity contribution in [2.24, 2.45) is 5.92 Å². The monoisotopic (exact) mass is 483 g/mol. The zero-order chi connectivity index (χ0) is 23.5. The Morgan fingerprint density at radius 2 is 1.74 bits per heavy atom. The smallest absolute Gasteiger partial charge is 0.253 e. The van der Waals surface area contributed by atoms with Crippen LogP contribution < -0.4 is 9.62 Å². The number of carbonyl (C=O) groups is 1. The van der Waals surface area contributed by atoms with E-state index in [1.807, 2.05) is 23.2 Å². The van der Waals surface area contributed by atoms with Crippen LogP contribution in [0, 0.1) is 5.92 Å². The molecule has 1 unspecified atom stereocenters. The number of sulfonamides is 1. The van der Waals surface area contributed by atoms with E-state index in [4.69, 9.17) is 0 Å². The van der Waals surface area contributed by atoms with Gasteiger partial charge in [-0.3, -0.25) is 9.69 Å². The van der Waals surface area contributed by atoms with Gasteiger partial charge in [-0.15, -0.1) is 0 Å². The summed E-state index contributed by atoms with van der Waals surface area (Å²) in [6, 6.07) is 12.5. The van der Waals surface area contributed by atoms with E-state index in [-0.39, 0.29) is 16.8 Å². The Balaban J connectivity index is 1.13. The number of aromatic nitrogens is 1. The van der Waals surface area contributed by atoms with Gasteiger partial charge in [-0.25, -0.2) is 18.1 Å². The van der Waals surface area contributed by atoms with Crippen molar-refractivity contribution in [3.63, 3.8) is 0 Å². The summed E-state index contributed by atoms with van der Waals surface area (Å²) in [5.41, 5.74) is 0.551. The number of rotatable bonds is 7. The Morgan fingerprint density at radius 3 is 2.41 bits per heavy atom. The van der Waals surface area contributed by atoms with E-state index in [0.29, 0.717) is 11.5 Å². The quantitative estimate of drug-likeness (QED) is 0.650. The van der Waals surface area contributed by atoms with Crippen LogP contribution in [-0.4, -0.2) is 81.0 Å². The van der Waals surface area contributed by atoms with Crippen LogP contribution in [0.1, 0.15) is 36.0 Å². The molecule has 2 saturated heterocycles. The van der Waals surface area contributed by atoms with Crippen LogP contribution in [0.5, 0.6) is 0 Å². The molecule has 34 heavy (non-hydrogen) atoms. The first kappa shape index (κ1) is 23.3. The number of hydrogen-bond acceptors (Lipinski definition) is 6. The number of carbonyl (C=O) groups excluding carboxylic acids is 1. The van der Waals surface area contributed by atoms with Crippen molar-refractivity contribution in [1.82, 2.24) is 19.5 Å². The molecule has 1 aliphatic carbocycles. The molecule has 9 heteroatoms. The second-order valence-corrected chi connectivity index (χ2v) is 11.4. The number of hydrogen-bond donors (Lipinski definition) is 1. The fourth-order valence-corrected chi connectivity index (χ4v) is 6.22. The lowest BCUT2D eigenvalue weighted by molar-refractivity contribution is 0.0637. The maximum absolute atomic E-state index is 13.1. The largest absolute Gasteiger partial charge is 0.354 e. The highest BCUT2D eigenvalue weighted by Gasteiger charge is 2.29. The Labute approximate surface area is 202 Å². The highest BCUT2D eigenvalue weighted by atomic mass is 32.2. The maximum atomic E-state index is 13.1. The van der Waals surface area contributed by atoms with Gasteiger partial charge in [0.1, 0.15) is 5.82 Å². The number of benzene rings is 1. The van der Waals surface area contributed by atoms with Gasteiger partial charge in [0.2, 0.25) is 10.0 Å². The molecule has 3 aliphatic rings. The summed E-state index contributed by atoms with van der Waals surface area (Å²) >= 11 is 0. The van der Waals surface area contributed by atoms with Gasteiger partial charge in [-0.1, -0.05) is 6.07 Å². The number of piperidine rings is 1. The average Bonchev–Trinajstić information content (AvgIpc) is 3.68. The molecule has 1 amide bonds. The van der Waals surface area contributed by atoms with Crippen molar-refractivity contribution >= 4 is 21.7 Å². The highest BCUT2D eigenvalue weighted by molar-refractivity contribution is 7.89. The fraction of sp³-hybridized carbons (Fsp3) is 0.520. The molecule has 1 N–H and O–H groups in total. The van der Waals surface area contributed by atoms with E-state index in [1.54, 1.807) is 24.3 Å². The van der Waals surface area contributed by atoms with Gasteiger partial charge in [0.05, 0.1) is 4.90 Å². The lowest BCUT2D eigenvalue weighted by Gasteiger charge is -2.39. The molecule has 0 radical (unpaired) electrons. The third-order valence-corrected chi connectivity index (χ3v) is 8.52. The number of likely N-dealkylation sites (tertiary alicyclic amines) is 1. The van der Waals surface area contributed by atoms with Crippen LogP contribution in [-0.2, 0) is 10.0 Å². The van der Waals surface area contributed by atoms with Crippen LogP contribution >= 0.6 is 0 Å². The zero-order valence-corrected chi connectivity index (χ0v) is 20.3. The van der Waals surface area contributed by atoms with Crippen molar-refractivity contribution in [2.45, 2.75) is 36.6 Å². The first-order valence-corrected chi connectivity index (χ1v) is 13.8. The van der Waals surface area contributed by atoms with Crippen molar-refractivity contribution < 1.29 is 13.2 Å². The molecule has 1 aromatic heterocycles. The fourth-order valence-electron chi connectivity index (χ4n) is 4.91. The van der Waals surface area contributed by atoms with E-state index in [1.165, 1.54) is 0 Å². The van der Waals surface area contributed by atoms with Crippen molar-refractivity contribution in [3.05, 3.63) is 54.2 Å². The van der Waals surface area contributed by atoms with Crippen molar-refractivity contribution in [3.8, 4) is 0 Å². The number of amides is 1. The van der Waals surface area contributed by atoms with Crippen molar-refractivity contribution in [2.75, 3.05) is 50.7 Å². The first-order chi connectivity index (χ1) is 16.5. The molecule has 2 aliphatic heterocycles. The summed E-state index contributed by atoms with van der Waals surface area (Å²) in [6.45, 7) is 6.46. The average molecular weight is 484 g/mol. The van der Waals surface area contributed by atoms with E-state index in [2.05, 4.69) is 25.6 Å². The van der Waals surface area contributed by atoms with Gasteiger partial charge in [-0.05, 0) is 68.0 Å². The van der Waals surface area contributed by atoms with E-state index >= 15 is 0 Å². The van der Waals surface area contributed by atoms with Crippen LogP contribution in [0.4, 0.5) is 5.82 Å². The van der Waals surface area contributed by atoms with Gasteiger partial charge >= 0.3 is 0 Å². The van der Waals surface area contributed by atoms with E-state index in [0.717, 1.165) is 77.3 Å². The minimum absolute atomic E-state index is 0.0104. The van der Waals surface area contributed by atoms with E-state index in [9.17, 15) is 13.2 Å². The standard InChI is InChI=1S/C25H33N5O3S/c31-25(21-6-10-23(11-7-21)34(32,33)27-22-8-9-22)30-13-3-4-20(19-30)18-28-14-16-29(17-15-28)24-5-1-2-12-26-24/h1-2,5-7,10-12,20,22,27H,3-4,8-9,13-19H2.